The van der Waals surface area contributed by atoms with E-state index in [1.54, 1.807) is 24.1 Å². The highest BCUT2D eigenvalue weighted by molar-refractivity contribution is 7.80. The summed E-state index contributed by atoms with van der Waals surface area (Å²) in [7, 11) is 1.59. The molecule has 2 N–H and O–H groups in total. The molecule has 1 atom stereocenters. The SMILES string of the molecule is COc1cccc(C(=O)N2CCCCC2C(N)=S)c1. The van der Waals surface area contributed by atoms with Crippen LogP contribution in [0.3, 0.4) is 0 Å². The largest absolute Gasteiger partial charge is 0.497 e. The lowest BCUT2D eigenvalue weighted by Gasteiger charge is -2.35. The van der Waals surface area contributed by atoms with Crippen LogP contribution >= 0.6 is 12.2 Å². The van der Waals surface area contributed by atoms with E-state index in [1.165, 1.54) is 0 Å². The third-order valence-electron chi connectivity index (χ3n) is 3.41. The minimum Gasteiger partial charge on any atom is -0.497 e. The zero-order valence-electron chi connectivity index (χ0n) is 11.0. The highest BCUT2D eigenvalue weighted by atomic mass is 32.1. The van der Waals surface area contributed by atoms with Crippen LogP contribution in [0.2, 0.25) is 0 Å². The van der Waals surface area contributed by atoms with Crippen molar-refractivity contribution in [3.63, 3.8) is 0 Å². The minimum atomic E-state index is -0.123. The standard InChI is InChI=1S/C14H18N2O2S/c1-18-11-6-4-5-10(9-11)14(17)16-8-3-2-7-12(16)13(15)19/h4-6,9,12H,2-3,7-8H2,1H3,(H2,15,19). The molecular formula is C14H18N2O2S. The van der Waals surface area contributed by atoms with Gasteiger partial charge in [0.2, 0.25) is 0 Å². The first kappa shape index (κ1) is 13.8. The highest BCUT2D eigenvalue weighted by Crippen LogP contribution is 2.21. The van der Waals surface area contributed by atoms with Crippen LogP contribution in [0.4, 0.5) is 0 Å². The van der Waals surface area contributed by atoms with Crippen LogP contribution in [0, 0.1) is 0 Å². The van der Waals surface area contributed by atoms with Crippen LogP contribution in [-0.2, 0) is 0 Å². The van der Waals surface area contributed by atoms with E-state index in [-0.39, 0.29) is 11.9 Å². The second-order valence-electron chi connectivity index (χ2n) is 4.64. The second kappa shape index (κ2) is 6.02. The Balaban J connectivity index is 2.23. The van der Waals surface area contributed by atoms with Gasteiger partial charge in [-0.25, -0.2) is 0 Å². The maximum atomic E-state index is 12.5. The molecule has 4 nitrogen and oxygen atoms in total. The van der Waals surface area contributed by atoms with Crippen molar-refractivity contribution in [2.45, 2.75) is 25.3 Å². The first-order chi connectivity index (χ1) is 9.13. The van der Waals surface area contributed by atoms with Gasteiger partial charge in [0.25, 0.3) is 5.91 Å². The Kier molecular flexibility index (Phi) is 4.37. The van der Waals surface area contributed by atoms with Gasteiger partial charge in [-0.3, -0.25) is 4.79 Å². The number of likely N-dealkylation sites (tertiary alicyclic amines) is 1. The lowest BCUT2D eigenvalue weighted by Crippen LogP contribution is -2.49. The average Bonchev–Trinajstić information content (AvgIpc) is 2.46. The molecule has 0 aromatic heterocycles. The number of methoxy groups -OCH3 is 1. The van der Waals surface area contributed by atoms with Crippen molar-refractivity contribution in [1.82, 2.24) is 4.90 Å². The summed E-state index contributed by atoms with van der Waals surface area (Å²) in [6.07, 6.45) is 2.91. The van der Waals surface area contributed by atoms with Gasteiger partial charge in [0.05, 0.1) is 18.1 Å². The van der Waals surface area contributed by atoms with E-state index in [1.807, 2.05) is 12.1 Å². The second-order valence-corrected chi connectivity index (χ2v) is 5.12. The molecule has 1 fully saturated rings. The molecule has 1 aromatic carbocycles. The van der Waals surface area contributed by atoms with Crippen LogP contribution in [0.15, 0.2) is 24.3 Å². The van der Waals surface area contributed by atoms with Crippen molar-refractivity contribution >= 4 is 23.1 Å². The molecule has 1 aromatic rings. The average molecular weight is 278 g/mol. The summed E-state index contributed by atoms with van der Waals surface area (Å²) in [5.74, 6) is 0.645. The summed E-state index contributed by atoms with van der Waals surface area (Å²) >= 11 is 5.07. The fourth-order valence-electron chi connectivity index (χ4n) is 2.39. The zero-order chi connectivity index (χ0) is 13.8. The lowest BCUT2D eigenvalue weighted by molar-refractivity contribution is 0.0681. The molecule has 0 saturated carbocycles. The molecule has 0 bridgehead atoms. The number of rotatable bonds is 3. The van der Waals surface area contributed by atoms with Crippen LogP contribution in [0.25, 0.3) is 0 Å². The van der Waals surface area contributed by atoms with Crippen LogP contribution in [0.5, 0.6) is 5.75 Å². The first-order valence-electron chi connectivity index (χ1n) is 6.38. The smallest absolute Gasteiger partial charge is 0.254 e. The molecule has 1 saturated heterocycles. The lowest BCUT2D eigenvalue weighted by atomic mass is 10.0. The fourth-order valence-corrected chi connectivity index (χ4v) is 2.64. The number of piperidine rings is 1. The number of amides is 1. The minimum absolute atomic E-state index is 0.0311. The van der Waals surface area contributed by atoms with E-state index in [9.17, 15) is 4.79 Å². The number of nitrogens with two attached hydrogens (primary N) is 1. The molecular weight excluding hydrogens is 260 g/mol. The Morgan fingerprint density at radius 3 is 2.95 bits per heavy atom. The van der Waals surface area contributed by atoms with Crippen LogP contribution in [0.1, 0.15) is 29.6 Å². The molecule has 19 heavy (non-hydrogen) atoms. The molecule has 0 radical (unpaired) electrons. The number of hydrogen-bond acceptors (Lipinski definition) is 3. The van der Waals surface area contributed by atoms with Gasteiger partial charge in [0.1, 0.15) is 5.75 Å². The van der Waals surface area contributed by atoms with E-state index < -0.39 is 0 Å². The molecule has 102 valence electrons. The van der Waals surface area contributed by atoms with E-state index >= 15 is 0 Å². The summed E-state index contributed by atoms with van der Waals surface area (Å²) in [5, 5.41) is 0. The molecule has 1 aliphatic heterocycles. The van der Waals surface area contributed by atoms with Crippen molar-refractivity contribution in [2.24, 2.45) is 5.73 Å². The van der Waals surface area contributed by atoms with E-state index in [4.69, 9.17) is 22.7 Å². The Morgan fingerprint density at radius 2 is 2.26 bits per heavy atom. The summed E-state index contributed by atoms with van der Waals surface area (Å²) in [6.45, 7) is 0.706. The van der Waals surface area contributed by atoms with Crippen molar-refractivity contribution in [2.75, 3.05) is 13.7 Å². The molecule has 1 amide bonds. The number of thiocarbonyl (C=S) groups is 1. The van der Waals surface area contributed by atoms with Gasteiger partial charge < -0.3 is 15.4 Å². The first-order valence-corrected chi connectivity index (χ1v) is 6.78. The zero-order valence-corrected chi connectivity index (χ0v) is 11.8. The highest BCUT2D eigenvalue weighted by Gasteiger charge is 2.29. The summed E-state index contributed by atoms with van der Waals surface area (Å²) in [6, 6.07) is 7.04. The van der Waals surface area contributed by atoms with Gasteiger partial charge in [-0.05, 0) is 37.5 Å². The number of hydrogen-bond donors (Lipinski definition) is 1. The summed E-state index contributed by atoms with van der Waals surface area (Å²) < 4.78 is 5.15. The number of ether oxygens (including phenoxy) is 1. The molecule has 0 aliphatic carbocycles. The molecule has 0 spiro atoms. The van der Waals surface area contributed by atoms with Gasteiger partial charge in [0.15, 0.2) is 0 Å². The van der Waals surface area contributed by atoms with E-state index in [2.05, 4.69) is 0 Å². The Bertz CT molecular complexity index is 490. The summed E-state index contributed by atoms with van der Waals surface area (Å²) in [4.78, 5) is 14.7. The van der Waals surface area contributed by atoms with Gasteiger partial charge in [-0.2, -0.15) is 0 Å². The quantitative estimate of drug-likeness (QED) is 0.859. The number of carbonyl (C=O) groups excluding carboxylic acids is 1. The van der Waals surface area contributed by atoms with Crippen molar-refractivity contribution in [1.29, 1.82) is 0 Å². The fraction of sp³-hybridized carbons (Fsp3) is 0.429. The normalized spacial score (nSPS) is 19.0. The van der Waals surface area contributed by atoms with Gasteiger partial charge in [-0.15, -0.1) is 0 Å². The van der Waals surface area contributed by atoms with Crippen LogP contribution < -0.4 is 10.5 Å². The van der Waals surface area contributed by atoms with Crippen LogP contribution in [-0.4, -0.2) is 35.5 Å². The third-order valence-corrected chi connectivity index (χ3v) is 3.68. The van der Waals surface area contributed by atoms with E-state index in [0.29, 0.717) is 22.8 Å². The number of nitrogens with zero attached hydrogens (tertiary/aromatic N) is 1. The molecule has 1 unspecified atom stereocenters. The van der Waals surface area contributed by atoms with E-state index in [0.717, 1.165) is 19.3 Å². The molecule has 1 heterocycles. The predicted octanol–water partition coefficient (Wildman–Crippen LogP) is 1.98. The maximum Gasteiger partial charge on any atom is 0.254 e. The Hall–Kier alpha value is -1.62. The topological polar surface area (TPSA) is 55.6 Å². The predicted molar refractivity (Wildman–Crippen MR) is 78.5 cm³/mol. The summed E-state index contributed by atoms with van der Waals surface area (Å²) in [5.41, 5.74) is 6.36. The van der Waals surface area contributed by atoms with Gasteiger partial charge in [-0.1, -0.05) is 18.3 Å². The van der Waals surface area contributed by atoms with Crippen molar-refractivity contribution in [3.8, 4) is 5.75 Å². The van der Waals surface area contributed by atoms with Crippen molar-refractivity contribution in [3.05, 3.63) is 29.8 Å². The molecule has 1 aliphatic rings. The molecule has 2 rings (SSSR count). The number of benzene rings is 1. The Labute approximate surface area is 118 Å². The monoisotopic (exact) mass is 278 g/mol. The van der Waals surface area contributed by atoms with Crippen molar-refractivity contribution < 1.29 is 9.53 Å². The molecule has 5 heteroatoms. The third kappa shape index (κ3) is 3.04. The van der Waals surface area contributed by atoms with Gasteiger partial charge >= 0.3 is 0 Å². The van der Waals surface area contributed by atoms with Gasteiger partial charge in [0, 0.05) is 12.1 Å². The maximum absolute atomic E-state index is 12.5. The number of carbonyl (C=O) groups is 1. The Morgan fingerprint density at radius 1 is 1.47 bits per heavy atom.